The fourth-order valence-electron chi connectivity index (χ4n) is 3.69. The Labute approximate surface area is 171 Å². The van der Waals surface area contributed by atoms with Crippen LogP contribution in [0, 0.1) is 6.92 Å². The van der Waals surface area contributed by atoms with Gasteiger partial charge in [-0.25, -0.2) is 0 Å². The summed E-state index contributed by atoms with van der Waals surface area (Å²) < 4.78 is 5.72. The number of benzene rings is 2. The number of carbonyl (C=O) groups excluding carboxylic acids is 1. The molecule has 0 bridgehead atoms. The zero-order valence-electron chi connectivity index (χ0n) is 17.0. The van der Waals surface area contributed by atoms with Gasteiger partial charge in [0.25, 0.3) is 5.91 Å². The van der Waals surface area contributed by atoms with E-state index in [4.69, 9.17) is 4.74 Å². The maximum absolute atomic E-state index is 12.0. The molecule has 1 aliphatic heterocycles. The Hall–Kier alpha value is -2.25. The van der Waals surface area contributed by atoms with E-state index in [-0.39, 0.29) is 0 Å². The van der Waals surface area contributed by atoms with Crippen LogP contribution in [0.1, 0.15) is 40.8 Å². The molecular formula is C23H29NO5. The lowest BCUT2D eigenvalue weighted by Gasteiger charge is -2.40. The summed E-state index contributed by atoms with van der Waals surface area (Å²) >= 11 is 0. The van der Waals surface area contributed by atoms with Gasteiger partial charge in [-0.1, -0.05) is 49.4 Å². The second-order valence-corrected chi connectivity index (χ2v) is 7.60. The molecule has 1 heterocycles. The Kier molecular flexibility index (Phi) is 6.70. The van der Waals surface area contributed by atoms with Gasteiger partial charge >= 0.3 is 0 Å². The van der Waals surface area contributed by atoms with E-state index in [9.17, 15) is 20.1 Å². The lowest BCUT2D eigenvalue weighted by Crippen LogP contribution is -2.58. The fraction of sp³-hybridized carbons (Fsp3) is 0.435. The van der Waals surface area contributed by atoms with E-state index in [2.05, 4.69) is 36.5 Å². The Morgan fingerprint density at radius 3 is 2.28 bits per heavy atom. The summed E-state index contributed by atoms with van der Waals surface area (Å²) in [6.07, 6.45) is -4.79. The molecule has 2 aromatic rings. The fourth-order valence-corrected chi connectivity index (χ4v) is 3.69. The number of likely N-dealkylation sites (N-methyl/N-ethyl adjacent to an activating group) is 1. The van der Waals surface area contributed by atoms with Crippen LogP contribution < -0.4 is 5.32 Å². The quantitative estimate of drug-likeness (QED) is 0.610. The summed E-state index contributed by atoms with van der Waals surface area (Å²) in [7, 11) is 1.43. The number of rotatable bonds is 5. The molecule has 2 aromatic carbocycles. The zero-order chi connectivity index (χ0) is 21.1. The molecule has 6 heteroatoms. The van der Waals surface area contributed by atoms with Crippen molar-refractivity contribution in [3.8, 4) is 0 Å². The van der Waals surface area contributed by atoms with E-state index in [1.54, 1.807) is 0 Å². The molecule has 0 saturated carbocycles. The first-order valence-corrected chi connectivity index (χ1v) is 9.94. The molecule has 29 heavy (non-hydrogen) atoms. The van der Waals surface area contributed by atoms with Crippen LogP contribution in [0.25, 0.3) is 0 Å². The number of hydrogen-bond acceptors (Lipinski definition) is 5. The van der Waals surface area contributed by atoms with Gasteiger partial charge in [-0.15, -0.1) is 0 Å². The SMILES string of the molecule is CCc1ccc(Cc2cc([C@@H]3O[C@H](C(=O)NC)[C@@H](O)[C@H](O)[C@H]3O)ccc2C)cc1. The van der Waals surface area contributed by atoms with E-state index >= 15 is 0 Å². The first-order valence-electron chi connectivity index (χ1n) is 9.94. The van der Waals surface area contributed by atoms with E-state index in [0.717, 1.165) is 24.0 Å². The number of carbonyl (C=O) groups is 1. The largest absolute Gasteiger partial charge is 0.387 e. The Morgan fingerprint density at radius 2 is 1.66 bits per heavy atom. The molecule has 0 unspecified atom stereocenters. The predicted octanol–water partition coefficient (Wildman–Crippen LogP) is 1.42. The van der Waals surface area contributed by atoms with Crippen LogP contribution >= 0.6 is 0 Å². The molecule has 0 spiro atoms. The summed E-state index contributed by atoms with van der Waals surface area (Å²) in [6.45, 7) is 4.14. The highest BCUT2D eigenvalue weighted by atomic mass is 16.5. The first kappa shape index (κ1) is 21.5. The van der Waals surface area contributed by atoms with Gasteiger partial charge in [0.2, 0.25) is 0 Å². The van der Waals surface area contributed by atoms with Crippen molar-refractivity contribution in [3.05, 3.63) is 70.3 Å². The smallest absolute Gasteiger partial charge is 0.251 e. The van der Waals surface area contributed by atoms with E-state index in [1.807, 2.05) is 25.1 Å². The normalized spacial score (nSPS) is 26.9. The molecule has 1 amide bonds. The van der Waals surface area contributed by atoms with Crippen LogP contribution in [0.2, 0.25) is 0 Å². The molecule has 156 valence electrons. The van der Waals surface area contributed by atoms with E-state index in [0.29, 0.717) is 5.56 Å². The maximum Gasteiger partial charge on any atom is 0.251 e. The molecule has 1 fully saturated rings. The molecule has 3 rings (SSSR count). The van der Waals surface area contributed by atoms with Crippen LogP contribution in [0.3, 0.4) is 0 Å². The Balaban J connectivity index is 1.87. The minimum absolute atomic E-state index is 0.545. The van der Waals surface area contributed by atoms with Gasteiger partial charge in [-0.2, -0.15) is 0 Å². The second kappa shape index (κ2) is 9.05. The first-order chi connectivity index (χ1) is 13.8. The number of nitrogens with one attached hydrogen (secondary N) is 1. The molecule has 0 aliphatic carbocycles. The summed E-state index contributed by atoms with van der Waals surface area (Å²) in [6, 6.07) is 14.1. The second-order valence-electron chi connectivity index (χ2n) is 7.60. The number of aliphatic hydroxyl groups is 3. The number of aryl methyl sites for hydroxylation is 2. The molecule has 1 saturated heterocycles. The maximum atomic E-state index is 12.0. The lowest BCUT2D eigenvalue weighted by molar-refractivity contribution is -0.222. The third kappa shape index (κ3) is 4.51. The molecular weight excluding hydrogens is 370 g/mol. The highest BCUT2D eigenvalue weighted by Gasteiger charge is 2.46. The van der Waals surface area contributed by atoms with Crippen molar-refractivity contribution in [2.75, 3.05) is 7.05 Å². The van der Waals surface area contributed by atoms with Gasteiger partial charge in [-0.05, 0) is 47.6 Å². The highest BCUT2D eigenvalue weighted by Crippen LogP contribution is 2.33. The van der Waals surface area contributed by atoms with E-state index in [1.165, 1.54) is 18.2 Å². The van der Waals surface area contributed by atoms with Crippen LogP contribution in [0.5, 0.6) is 0 Å². The standard InChI is InChI=1S/C23H29NO5/c1-4-14-6-8-15(9-7-14)11-17-12-16(10-5-13(17)2)21-19(26)18(25)20(27)22(29-21)23(28)24-3/h5-10,12,18-22,25-27H,4,11H2,1-3H3,(H,24,28)/t18-,19-,20+,21+,22+/m1/s1. The number of hydrogen-bond donors (Lipinski definition) is 4. The topological polar surface area (TPSA) is 99.0 Å². The number of amides is 1. The average molecular weight is 399 g/mol. The van der Waals surface area contributed by atoms with Gasteiger partial charge in [0.1, 0.15) is 24.4 Å². The predicted molar refractivity (Wildman–Crippen MR) is 110 cm³/mol. The average Bonchev–Trinajstić information content (AvgIpc) is 2.74. The monoisotopic (exact) mass is 399 g/mol. The molecule has 1 aliphatic rings. The van der Waals surface area contributed by atoms with Crippen molar-refractivity contribution >= 4 is 5.91 Å². The summed E-state index contributed by atoms with van der Waals surface area (Å²) in [5, 5.41) is 33.2. The number of ether oxygens (including phenoxy) is 1. The van der Waals surface area contributed by atoms with Gasteiger partial charge in [0.05, 0.1) is 0 Å². The minimum Gasteiger partial charge on any atom is -0.387 e. The Bertz CT molecular complexity index is 851. The molecule has 5 atom stereocenters. The van der Waals surface area contributed by atoms with Gasteiger partial charge in [-0.3, -0.25) is 4.79 Å². The van der Waals surface area contributed by atoms with Crippen molar-refractivity contribution in [2.45, 2.75) is 57.2 Å². The van der Waals surface area contributed by atoms with Gasteiger partial charge in [0.15, 0.2) is 6.10 Å². The van der Waals surface area contributed by atoms with Crippen LogP contribution in [0.4, 0.5) is 0 Å². The summed E-state index contributed by atoms with van der Waals surface area (Å²) in [5.41, 5.74) is 5.28. The van der Waals surface area contributed by atoms with Gasteiger partial charge < -0.3 is 25.4 Å². The van der Waals surface area contributed by atoms with Crippen LogP contribution in [-0.2, 0) is 22.4 Å². The molecule has 0 radical (unpaired) electrons. The highest BCUT2D eigenvalue weighted by molar-refractivity contribution is 5.81. The minimum atomic E-state index is -1.50. The third-order valence-electron chi connectivity index (χ3n) is 5.65. The molecule has 6 nitrogen and oxygen atoms in total. The zero-order valence-corrected chi connectivity index (χ0v) is 17.0. The van der Waals surface area contributed by atoms with Gasteiger partial charge in [0, 0.05) is 7.05 Å². The van der Waals surface area contributed by atoms with Crippen molar-refractivity contribution in [2.24, 2.45) is 0 Å². The van der Waals surface area contributed by atoms with Crippen LogP contribution in [-0.4, -0.2) is 52.7 Å². The molecule has 0 aromatic heterocycles. The van der Waals surface area contributed by atoms with Crippen molar-refractivity contribution in [3.63, 3.8) is 0 Å². The summed E-state index contributed by atoms with van der Waals surface area (Å²) in [5.74, 6) is -0.545. The number of aliphatic hydroxyl groups excluding tert-OH is 3. The summed E-state index contributed by atoms with van der Waals surface area (Å²) in [4.78, 5) is 12.0. The van der Waals surface area contributed by atoms with Crippen molar-refractivity contribution in [1.29, 1.82) is 0 Å². The molecule has 4 N–H and O–H groups in total. The Morgan fingerprint density at radius 1 is 1.00 bits per heavy atom. The van der Waals surface area contributed by atoms with Crippen molar-refractivity contribution in [1.82, 2.24) is 5.32 Å². The van der Waals surface area contributed by atoms with Crippen molar-refractivity contribution < 1.29 is 24.9 Å². The third-order valence-corrected chi connectivity index (χ3v) is 5.65. The van der Waals surface area contributed by atoms with Crippen LogP contribution in [0.15, 0.2) is 42.5 Å². The van der Waals surface area contributed by atoms with E-state index < -0.39 is 36.4 Å². The lowest BCUT2D eigenvalue weighted by atomic mass is 9.88.